The van der Waals surface area contributed by atoms with Gasteiger partial charge in [-0.3, -0.25) is 19.6 Å². The van der Waals surface area contributed by atoms with E-state index < -0.39 is 10.8 Å². The molecule has 0 aliphatic heterocycles. The second-order valence-electron chi connectivity index (χ2n) is 5.98. The summed E-state index contributed by atoms with van der Waals surface area (Å²) in [6, 6.07) is 9.57. The average molecular weight is 484 g/mol. The fourth-order valence-corrected chi connectivity index (χ4v) is 3.25. The van der Waals surface area contributed by atoms with Gasteiger partial charge in [-0.15, -0.1) is 0 Å². The van der Waals surface area contributed by atoms with E-state index in [9.17, 15) is 14.9 Å². The third-order valence-electron chi connectivity index (χ3n) is 3.95. The van der Waals surface area contributed by atoms with E-state index in [0.717, 1.165) is 5.56 Å². The predicted octanol–water partition coefficient (Wildman–Crippen LogP) is 5.47. The molecule has 0 radical (unpaired) electrons. The molecule has 0 aliphatic rings. The Morgan fingerprint density at radius 2 is 2.00 bits per heavy atom. The van der Waals surface area contributed by atoms with Gasteiger partial charge in [0.2, 0.25) is 0 Å². The lowest BCUT2D eigenvalue weighted by atomic mass is 10.1. The van der Waals surface area contributed by atoms with Crippen LogP contribution in [0.1, 0.15) is 21.5 Å². The zero-order valence-corrected chi connectivity index (χ0v) is 17.5. The number of anilines is 1. The molecule has 2 aromatic carbocycles. The van der Waals surface area contributed by atoms with Crippen molar-refractivity contribution >= 4 is 56.5 Å². The van der Waals surface area contributed by atoms with Gasteiger partial charge in [-0.25, -0.2) is 0 Å². The van der Waals surface area contributed by atoms with Crippen LogP contribution in [0.3, 0.4) is 0 Å². The van der Waals surface area contributed by atoms with Crippen molar-refractivity contribution < 1.29 is 9.72 Å². The topological polar surface area (TPSA) is 90.1 Å². The van der Waals surface area contributed by atoms with Crippen LogP contribution in [0, 0.1) is 17.0 Å². The molecule has 0 saturated heterocycles. The minimum absolute atomic E-state index is 0.114. The van der Waals surface area contributed by atoms with Gasteiger partial charge in [-0.1, -0.05) is 35.3 Å². The van der Waals surface area contributed by atoms with E-state index in [1.807, 2.05) is 6.07 Å². The van der Waals surface area contributed by atoms with Crippen LogP contribution < -0.4 is 5.32 Å². The number of aromatic nitrogens is 2. The Labute approximate surface area is 178 Å². The molecule has 1 N–H and O–H groups in total. The van der Waals surface area contributed by atoms with Gasteiger partial charge in [-0.05, 0) is 46.6 Å². The molecule has 0 bridgehead atoms. The largest absolute Gasteiger partial charge is 0.304 e. The first-order valence-corrected chi connectivity index (χ1v) is 9.53. The molecule has 0 aliphatic carbocycles. The zero-order chi connectivity index (χ0) is 20.4. The van der Waals surface area contributed by atoms with Gasteiger partial charge < -0.3 is 5.32 Å². The number of nitro groups is 1. The molecule has 1 amide bonds. The molecule has 144 valence electrons. The third kappa shape index (κ3) is 4.52. The van der Waals surface area contributed by atoms with Gasteiger partial charge in [0.15, 0.2) is 5.82 Å². The molecular weight excluding hydrogens is 471 g/mol. The standard InChI is InChI=1S/C18H13BrCl2N4O3/c1-10-2-4-12(7-16(10)25(27)28)18(26)22-17-13(19)9-24(23-17)8-11-3-5-14(20)15(21)6-11/h2-7,9H,8H2,1H3,(H,22,23,26). The van der Waals surface area contributed by atoms with Crippen LogP contribution in [0.25, 0.3) is 0 Å². The summed E-state index contributed by atoms with van der Waals surface area (Å²) < 4.78 is 2.19. The summed E-state index contributed by atoms with van der Waals surface area (Å²) in [6.07, 6.45) is 1.70. The SMILES string of the molecule is Cc1ccc(C(=O)Nc2nn(Cc3ccc(Cl)c(Cl)c3)cc2Br)cc1[N+](=O)[O-]. The highest BCUT2D eigenvalue weighted by molar-refractivity contribution is 9.10. The number of nitrogens with one attached hydrogen (secondary N) is 1. The molecular formula is C18H13BrCl2N4O3. The minimum atomic E-state index is -0.520. The normalized spacial score (nSPS) is 10.7. The minimum Gasteiger partial charge on any atom is -0.304 e. The van der Waals surface area contributed by atoms with Crippen LogP contribution in [0.5, 0.6) is 0 Å². The van der Waals surface area contributed by atoms with Gasteiger partial charge in [0.25, 0.3) is 11.6 Å². The van der Waals surface area contributed by atoms with E-state index in [4.69, 9.17) is 23.2 Å². The van der Waals surface area contributed by atoms with Gasteiger partial charge in [0.05, 0.1) is 26.0 Å². The maximum Gasteiger partial charge on any atom is 0.273 e. The maximum absolute atomic E-state index is 12.5. The Morgan fingerprint density at radius 3 is 2.68 bits per heavy atom. The van der Waals surface area contributed by atoms with Crippen molar-refractivity contribution in [2.75, 3.05) is 5.32 Å². The number of hydrogen-bond acceptors (Lipinski definition) is 4. The Kier molecular flexibility index (Phi) is 6.02. The van der Waals surface area contributed by atoms with Crippen LogP contribution in [-0.4, -0.2) is 20.6 Å². The highest BCUT2D eigenvalue weighted by Crippen LogP contribution is 2.25. The van der Waals surface area contributed by atoms with Gasteiger partial charge in [0, 0.05) is 23.4 Å². The molecule has 10 heteroatoms. The number of nitro benzene ring substituents is 1. The summed E-state index contributed by atoms with van der Waals surface area (Å²) in [7, 11) is 0. The first-order chi connectivity index (χ1) is 13.2. The van der Waals surface area contributed by atoms with Crippen molar-refractivity contribution in [2.45, 2.75) is 13.5 Å². The van der Waals surface area contributed by atoms with Gasteiger partial charge in [0.1, 0.15) is 0 Å². The lowest BCUT2D eigenvalue weighted by molar-refractivity contribution is -0.385. The first kappa shape index (κ1) is 20.3. The number of carbonyl (C=O) groups is 1. The quantitative estimate of drug-likeness (QED) is 0.384. The lowest BCUT2D eigenvalue weighted by Gasteiger charge is -2.05. The van der Waals surface area contributed by atoms with Crippen LogP contribution in [-0.2, 0) is 6.54 Å². The number of amides is 1. The number of halogens is 3. The second-order valence-corrected chi connectivity index (χ2v) is 7.65. The van der Waals surface area contributed by atoms with E-state index in [1.165, 1.54) is 18.2 Å². The molecule has 1 aromatic heterocycles. The van der Waals surface area contributed by atoms with Crippen molar-refractivity contribution in [3.63, 3.8) is 0 Å². The molecule has 0 fully saturated rings. The van der Waals surface area contributed by atoms with E-state index >= 15 is 0 Å². The summed E-state index contributed by atoms with van der Waals surface area (Å²) in [5, 5.41) is 19.0. The molecule has 0 atom stereocenters. The number of rotatable bonds is 5. The van der Waals surface area contributed by atoms with Crippen molar-refractivity contribution in [3.8, 4) is 0 Å². The summed E-state index contributed by atoms with van der Waals surface area (Å²) >= 11 is 15.3. The summed E-state index contributed by atoms with van der Waals surface area (Å²) in [5.74, 6) is -0.197. The predicted molar refractivity (Wildman–Crippen MR) is 111 cm³/mol. The van der Waals surface area contributed by atoms with E-state index in [1.54, 1.807) is 29.9 Å². The first-order valence-electron chi connectivity index (χ1n) is 7.98. The average Bonchev–Trinajstić information content (AvgIpc) is 2.97. The van der Waals surface area contributed by atoms with Crippen molar-refractivity contribution in [2.24, 2.45) is 0 Å². The van der Waals surface area contributed by atoms with Crippen molar-refractivity contribution in [1.82, 2.24) is 9.78 Å². The van der Waals surface area contributed by atoms with Crippen LogP contribution in [0.4, 0.5) is 11.5 Å². The molecule has 28 heavy (non-hydrogen) atoms. The van der Waals surface area contributed by atoms with E-state index in [2.05, 4.69) is 26.3 Å². The lowest BCUT2D eigenvalue weighted by Crippen LogP contribution is -2.13. The van der Waals surface area contributed by atoms with Crippen LogP contribution in [0.15, 0.2) is 47.1 Å². The maximum atomic E-state index is 12.5. The third-order valence-corrected chi connectivity index (χ3v) is 5.26. The molecule has 0 spiro atoms. The van der Waals surface area contributed by atoms with E-state index in [0.29, 0.717) is 32.4 Å². The summed E-state index contributed by atoms with van der Waals surface area (Å²) in [5.41, 5.74) is 1.42. The summed E-state index contributed by atoms with van der Waals surface area (Å²) in [6.45, 7) is 2.03. The molecule has 0 unspecified atom stereocenters. The molecule has 3 rings (SSSR count). The number of benzene rings is 2. The molecule has 0 saturated carbocycles. The second kappa shape index (κ2) is 8.30. The van der Waals surface area contributed by atoms with Crippen LogP contribution in [0.2, 0.25) is 10.0 Å². The Bertz CT molecular complexity index is 1080. The zero-order valence-electron chi connectivity index (χ0n) is 14.4. The van der Waals surface area contributed by atoms with Crippen molar-refractivity contribution in [1.29, 1.82) is 0 Å². The fraction of sp³-hybridized carbons (Fsp3) is 0.111. The highest BCUT2D eigenvalue weighted by Gasteiger charge is 2.17. The molecule has 1 heterocycles. The Balaban J connectivity index is 1.78. The molecule has 7 nitrogen and oxygen atoms in total. The van der Waals surface area contributed by atoms with Gasteiger partial charge >= 0.3 is 0 Å². The molecule has 3 aromatic rings. The highest BCUT2D eigenvalue weighted by atomic mass is 79.9. The number of hydrogen-bond donors (Lipinski definition) is 1. The Hall–Kier alpha value is -2.42. The monoisotopic (exact) mass is 482 g/mol. The Morgan fingerprint density at radius 1 is 1.25 bits per heavy atom. The van der Waals surface area contributed by atoms with E-state index in [-0.39, 0.29) is 11.3 Å². The number of nitrogens with zero attached hydrogens (tertiary/aromatic N) is 3. The fourth-order valence-electron chi connectivity index (χ4n) is 2.51. The smallest absolute Gasteiger partial charge is 0.273 e. The van der Waals surface area contributed by atoms with Crippen molar-refractivity contribution in [3.05, 3.63) is 83.9 Å². The number of aryl methyl sites for hydroxylation is 1. The summed E-state index contributed by atoms with van der Waals surface area (Å²) in [4.78, 5) is 23.0. The van der Waals surface area contributed by atoms with Gasteiger partial charge in [-0.2, -0.15) is 5.10 Å². The number of carbonyl (C=O) groups excluding carboxylic acids is 1. The van der Waals surface area contributed by atoms with Crippen LogP contribution >= 0.6 is 39.1 Å².